The van der Waals surface area contributed by atoms with E-state index in [1.54, 1.807) is 7.11 Å². The molecule has 33 heavy (non-hydrogen) atoms. The molecule has 0 saturated heterocycles. The van der Waals surface area contributed by atoms with Crippen LogP contribution in [-0.4, -0.2) is 42.7 Å². The van der Waals surface area contributed by atoms with Crippen LogP contribution in [0.1, 0.15) is 5.56 Å². The first kappa shape index (κ1) is 22.2. The molecule has 7 nitrogen and oxygen atoms in total. The molecule has 1 aromatic heterocycles. The number of nitrogens with one attached hydrogen (secondary N) is 2. The van der Waals surface area contributed by atoms with Gasteiger partial charge in [-0.1, -0.05) is 42.5 Å². The number of carbonyl (C=O) groups is 1. The molecule has 0 fully saturated rings. The monoisotopic (exact) mass is 442 g/mol. The summed E-state index contributed by atoms with van der Waals surface area (Å²) in [7, 11) is 1.64. The van der Waals surface area contributed by atoms with Gasteiger partial charge >= 0.3 is 0 Å². The maximum atomic E-state index is 12.0. The second kappa shape index (κ2) is 11.1. The number of para-hydroxylation sites is 1. The van der Waals surface area contributed by atoms with E-state index in [0.29, 0.717) is 25.5 Å². The molecule has 0 aliphatic heterocycles. The Kier molecular flexibility index (Phi) is 7.45. The van der Waals surface area contributed by atoms with E-state index >= 15 is 0 Å². The summed E-state index contributed by atoms with van der Waals surface area (Å²) in [4.78, 5) is 21.5. The molecule has 3 aromatic carbocycles. The van der Waals surface area contributed by atoms with Gasteiger partial charge < -0.3 is 20.1 Å². The molecule has 0 atom stereocenters. The first-order valence-electron chi connectivity index (χ1n) is 10.8. The number of carbonyl (C=O) groups excluding carboxylic acids is 1. The van der Waals surface area contributed by atoms with E-state index in [4.69, 9.17) is 19.4 Å². The van der Waals surface area contributed by atoms with E-state index < -0.39 is 0 Å². The topological polar surface area (TPSA) is 85.4 Å². The third-order valence-corrected chi connectivity index (χ3v) is 5.04. The molecule has 7 heteroatoms. The van der Waals surface area contributed by atoms with Crippen LogP contribution in [0.4, 0.5) is 5.82 Å². The summed E-state index contributed by atoms with van der Waals surface area (Å²) in [6, 6.07) is 25.3. The van der Waals surface area contributed by atoms with E-state index in [2.05, 4.69) is 10.6 Å². The molecule has 0 unspecified atom stereocenters. The third-order valence-electron chi connectivity index (χ3n) is 5.04. The number of methoxy groups -OCH3 is 1. The number of aromatic nitrogens is 2. The summed E-state index contributed by atoms with van der Waals surface area (Å²) in [5, 5.41) is 7.11. The van der Waals surface area contributed by atoms with Gasteiger partial charge in [-0.05, 0) is 42.0 Å². The van der Waals surface area contributed by atoms with Crippen molar-refractivity contribution < 1.29 is 14.3 Å². The number of nitrogens with zero attached hydrogens (tertiary/aromatic N) is 2. The van der Waals surface area contributed by atoms with Crippen molar-refractivity contribution in [2.45, 2.75) is 6.61 Å². The van der Waals surface area contributed by atoms with Gasteiger partial charge in [-0.2, -0.15) is 0 Å². The Morgan fingerprint density at radius 2 is 1.64 bits per heavy atom. The van der Waals surface area contributed by atoms with Crippen LogP contribution in [0, 0.1) is 0 Å². The van der Waals surface area contributed by atoms with Gasteiger partial charge in [-0.25, -0.2) is 9.97 Å². The summed E-state index contributed by atoms with van der Waals surface area (Å²) in [5.41, 5.74) is 2.78. The summed E-state index contributed by atoms with van der Waals surface area (Å²) in [6.07, 6.45) is 0. The number of hydrogen-bond donors (Lipinski definition) is 2. The normalized spacial score (nSPS) is 10.7. The molecule has 1 heterocycles. The first-order valence-corrected chi connectivity index (χ1v) is 10.8. The number of anilines is 1. The lowest BCUT2D eigenvalue weighted by Crippen LogP contribution is -2.31. The molecule has 0 saturated carbocycles. The maximum Gasteiger partial charge on any atom is 0.246 e. The fourth-order valence-corrected chi connectivity index (χ4v) is 3.35. The van der Waals surface area contributed by atoms with Crippen molar-refractivity contribution in [2.24, 2.45) is 0 Å². The Hall–Kier alpha value is -3.97. The predicted octanol–water partition coefficient (Wildman–Crippen LogP) is 4.05. The Morgan fingerprint density at radius 3 is 2.42 bits per heavy atom. The van der Waals surface area contributed by atoms with Crippen molar-refractivity contribution in [1.82, 2.24) is 15.3 Å². The van der Waals surface area contributed by atoms with Crippen molar-refractivity contribution in [3.8, 4) is 17.1 Å². The Labute approximate surface area is 192 Å². The van der Waals surface area contributed by atoms with Gasteiger partial charge in [-0.3, -0.25) is 4.79 Å². The lowest BCUT2D eigenvalue weighted by atomic mass is 10.1. The summed E-state index contributed by atoms with van der Waals surface area (Å²) < 4.78 is 10.7. The van der Waals surface area contributed by atoms with Crippen molar-refractivity contribution in [1.29, 1.82) is 0 Å². The minimum Gasteiger partial charge on any atom is -0.497 e. The number of hydrogen-bond acceptors (Lipinski definition) is 6. The molecule has 4 aromatic rings. The average Bonchev–Trinajstić information content (AvgIpc) is 2.87. The molecule has 168 valence electrons. The van der Waals surface area contributed by atoms with Crippen LogP contribution in [0.3, 0.4) is 0 Å². The van der Waals surface area contributed by atoms with Crippen molar-refractivity contribution in [3.63, 3.8) is 0 Å². The van der Waals surface area contributed by atoms with E-state index in [9.17, 15) is 4.79 Å². The van der Waals surface area contributed by atoms with E-state index in [-0.39, 0.29) is 12.5 Å². The number of benzene rings is 3. The Balaban J connectivity index is 1.34. The second-order valence-electron chi connectivity index (χ2n) is 7.40. The Morgan fingerprint density at radius 1 is 0.879 bits per heavy atom. The van der Waals surface area contributed by atoms with Crippen molar-refractivity contribution in [3.05, 3.63) is 84.4 Å². The highest BCUT2D eigenvalue weighted by atomic mass is 16.5. The minimum atomic E-state index is -0.154. The smallest absolute Gasteiger partial charge is 0.246 e. The first-order chi connectivity index (χ1) is 16.2. The predicted molar refractivity (Wildman–Crippen MR) is 129 cm³/mol. The molecule has 2 N–H and O–H groups in total. The highest BCUT2D eigenvalue weighted by Gasteiger charge is 2.10. The largest absolute Gasteiger partial charge is 0.497 e. The van der Waals surface area contributed by atoms with Gasteiger partial charge in [0, 0.05) is 24.0 Å². The highest BCUT2D eigenvalue weighted by Crippen LogP contribution is 2.26. The third kappa shape index (κ3) is 6.05. The molecular weight excluding hydrogens is 416 g/mol. The molecule has 1 amide bonds. The summed E-state index contributed by atoms with van der Waals surface area (Å²) in [6.45, 7) is 1.40. The van der Waals surface area contributed by atoms with Crippen molar-refractivity contribution >= 4 is 22.6 Å². The summed E-state index contributed by atoms with van der Waals surface area (Å²) in [5.74, 6) is 1.97. The van der Waals surface area contributed by atoms with Gasteiger partial charge in [0.05, 0.1) is 19.2 Å². The number of rotatable bonds is 10. The number of ether oxygens (including phenoxy) is 2. The van der Waals surface area contributed by atoms with E-state index in [1.807, 2.05) is 78.9 Å². The van der Waals surface area contributed by atoms with E-state index in [1.165, 1.54) is 0 Å². The molecule has 0 aliphatic carbocycles. The fraction of sp³-hybridized carbons (Fsp3) is 0.192. The van der Waals surface area contributed by atoms with Crippen LogP contribution in [0.15, 0.2) is 78.9 Å². The van der Waals surface area contributed by atoms with Crippen molar-refractivity contribution in [2.75, 3.05) is 32.1 Å². The molecular formula is C26H26N4O3. The van der Waals surface area contributed by atoms with Gasteiger partial charge in [-0.15, -0.1) is 0 Å². The average molecular weight is 443 g/mol. The SMILES string of the molecule is COc1ccc(-c2nc(NCCNC(=O)COCc3ccccc3)c3ccccc3n2)cc1. The number of amides is 1. The van der Waals surface area contributed by atoms with Gasteiger partial charge in [0.15, 0.2) is 5.82 Å². The minimum absolute atomic E-state index is 0.0208. The zero-order valence-corrected chi connectivity index (χ0v) is 18.5. The van der Waals surface area contributed by atoms with Crippen LogP contribution in [0.2, 0.25) is 0 Å². The molecule has 0 bridgehead atoms. The standard InChI is InChI=1S/C26H26N4O3/c1-32-21-13-11-20(12-14-21)25-29-23-10-6-5-9-22(23)26(30-25)28-16-15-27-24(31)18-33-17-19-7-3-2-4-8-19/h2-14H,15-18H2,1H3,(H,27,31)(H,28,29,30). The van der Waals surface area contributed by atoms with Crippen LogP contribution in [0.5, 0.6) is 5.75 Å². The lowest BCUT2D eigenvalue weighted by Gasteiger charge is -2.12. The lowest BCUT2D eigenvalue weighted by molar-refractivity contribution is -0.126. The Bertz CT molecular complexity index is 1200. The number of fused-ring (bicyclic) bond motifs is 1. The highest BCUT2D eigenvalue weighted by molar-refractivity contribution is 5.90. The van der Waals surface area contributed by atoms with Crippen LogP contribution < -0.4 is 15.4 Å². The zero-order valence-electron chi connectivity index (χ0n) is 18.5. The van der Waals surface area contributed by atoms with Gasteiger partial charge in [0.25, 0.3) is 0 Å². The van der Waals surface area contributed by atoms with E-state index in [0.717, 1.165) is 33.6 Å². The fourth-order valence-electron chi connectivity index (χ4n) is 3.35. The quantitative estimate of drug-likeness (QED) is 0.361. The molecule has 4 rings (SSSR count). The molecule has 0 spiro atoms. The molecule has 0 aliphatic rings. The zero-order chi connectivity index (χ0) is 22.9. The van der Waals surface area contributed by atoms with Gasteiger partial charge in [0.1, 0.15) is 18.2 Å². The summed E-state index contributed by atoms with van der Waals surface area (Å²) >= 11 is 0. The molecule has 0 radical (unpaired) electrons. The van der Waals surface area contributed by atoms with Crippen LogP contribution >= 0.6 is 0 Å². The van der Waals surface area contributed by atoms with Crippen LogP contribution in [-0.2, 0) is 16.1 Å². The van der Waals surface area contributed by atoms with Crippen LogP contribution in [0.25, 0.3) is 22.3 Å². The van der Waals surface area contributed by atoms with Gasteiger partial charge in [0.2, 0.25) is 5.91 Å². The second-order valence-corrected chi connectivity index (χ2v) is 7.40. The maximum absolute atomic E-state index is 12.0.